The molecule has 2 aliphatic rings. The highest BCUT2D eigenvalue weighted by atomic mass is 16.5. The third-order valence-corrected chi connectivity index (χ3v) is 5.09. The predicted molar refractivity (Wildman–Crippen MR) is 89.1 cm³/mol. The fraction of sp³-hybridized carbons (Fsp3) is 0.789. The molecule has 0 aromatic rings. The molecular weight excluding hydrogens is 292 g/mol. The van der Waals surface area contributed by atoms with Crippen LogP contribution in [0.4, 0.5) is 0 Å². The summed E-state index contributed by atoms with van der Waals surface area (Å²) in [5.41, 5.74) is -0.128. The van der Waals surface area contributed by atoms with Crippen LogP contribution in [0, 0.1) is 11.8 Å². The largest absolute Gasteiger partial charge is 0.508 e. The maximum Gasteiger partial charge on any atom is 0.345 e. The van der Waals surface area contributed by atoms with E-state index < -0.39 is 5.97 Å². The van der Waals surface area contributed by atoms with Crippen molar-refractivity contribution in [3.63, 3.8) is 0 Å². The van der Waals surface area contributed by atoms with Crippen molar-refractivity contribution in [3.05, 3.63) is 11.3 Å². The number of ether oxygens (including phenoxy) is 1. The number of Topliss-reactive ketones (excluding diaryl/α,β-unsaturated/α-hetero) is 1. The van der Waals surface area contributed by atoms with Gasteiger partial charge in [-0.05, 0) is 24.7 Å². The SMILES string of the molecule is CCCCC1CC1CCCCCCCC(=O)C1=C(O)COC1=O. The third-order valence-electron chi connectivity index (χ3n) is 5.09. The van der Waals surface area contributed by atoms with Crippen LogP contribution in [0.2, 0.25) is 0 Å². The summed E-state index contributed by atoms with van der Waals surface area (Å²) in [7, 11) is 0. The average molecular weight is 322 g/mol. The van der Waals surface area contributed by atoms with Gasteiger partial charge in [-0.2, -0.15) is 0 Å². The van der Waals surface area contributed by atoms with Crippen LogP contribution in [0.5, 0.6) is 0 Å². The minimum Gasteiger partial charge on any atom is -0.508 e. The summed E-state index contributed by atoms with van der Waals surface area (Å²) in [4.78, 5) is 23.2. The molecule has 4 heteroatoms. The smallest absolute Gasteiger partial charge is 0.345 e. The molecule has 2 unspecified atom stereocenters. The van der Waals surface area contributed by atoms with Gasteiger partial charge >= 0.3 is 5.97 Å². The number of esters is 1. The average Bonchev–Trinajstić information content (AvgIpc) is 3.19. The van der Waals surface area contributed by atoms with Gasteiger partial charge in [0.05, 0.1) is 0 Å². The molecule has 1 aliphatic carbocycles. The monoisotopic (exact) mass is 322 g/mol. The highest BCUT2D eigenvalue weighted by molar-refractivity contribution is 6.18. The Morgan fingerprint density at radius 1 is 1.09 bits per heavy atom. The third kappa shape index (κ3) is 5.67. The summed E-state index contributed by atoms with van der Waals surface area (Å²) in [5, 5.41) is 9.45. The van der Waals surface area contributed by atoms with E-state index >= 15 is 0 Å². The van der Waals surface area contributed by atoms with Crippen molar-refractivity contribution in [3.8, 4) is 0 Å². The molecule has 2 atom stereocenters. The molecule has 0 aromatic heterocycles. The van der Waals surface area contributed by atoms with E-state index in [0.717, 1.165) is 31.1 Å². The van der Waals surface area contributed by atoms with E-state index in [4.69, 9.17) is 0 Å². The number of aliphatic hydroxyl groups excluding tert-OH is 1. The van der Waals surface area contributed by atoms with E-state index in [1.165, 1.54) is 44.9 Å². The second-order valence-corrected chi connectivity index (χ2v) is 7.03. The summed E-state index contributed by atoms with van der Waals surface area (Å²) in [6, 6.07) is 0. The van der Waals surface area contributed by atoms with Gasteiger partial charge in [-0.3, -0.25) is 4.79 Å². The molecule has 0 aromatic carbocycles. The van der Waals surface area contributed by atoms with Crippen LogP contribution in [0.25, 0.3) is 0 Å². The van der Waals surface area contributed by atoms with E-state index in [1.54, 1.807) is 0 Å². The van der Waals surface area contributed by atoms with Gasteiger partial charge in [-0.1, -0.05) is 58.3 Å². The van der Waals surface area contributed by atoms with Crippen LogP contribution in [0.1, 0.15) is 77.6 Å². The van der Waals surface area contributed by atoms with Gasteiger partial charge in [0.15, 0.2) is 5.78 Å². The van der Waals surface area contributed by atoms with E-state index in [0.29, 0.717) is 6.42 Å². The topological polar surface area (TPSA) is 63.6 Å². The Morgan fingerprint density at radius 3 is 2.39 bits per heavy atom. The Hall–Kier alpha value is -1.32. The first-order valence-electron chi connectivity index (χ1n) is 9.26. The fourth-order valence-electron chi connectivity index (χ4n) is 3.50. The van der Waals surface area contributed by atoms with Gasteiger partial charge < -0.3 is 9.84 Å². The van der Waals surface area contributed by atoms with Crippen LogP contribution in [0.3, 0.4) is 0 Å². The number of aliphatic hydroxyl groups is 1. The molecule has 130 valence electrons. The van der Waals surface area contributed by atoms with Gasteiger partial charge in [0.2, 0.25) is 0 Å². The highest BCUT2D eigenvalue weighted by Gasteiger charge is 2.35. The number of hydrogen-bond acceptors (Lipinski definition) is 4. The molecule has 1 heterocycles. The van der Waals surface area contributed by atoms with Crippen LogP contribution >= 0.6 is 0 Å². The summed E-state index contributed by atoms with van der Waals surface area (Å²) in [6.07, 6.45) is 12.8. The molecule has 1 N–H and O–H groups in total. The lowest BCUT2D eigenvalue weighted by Crippen LogP contribution is -2.10. The second kappa shape index (κ2) is 9.09. The molecule has 1 saturated carbocycles. The van der Waals surface area contributed by atoms with E-state index in [2.05, 4.69) is 11.7 Å². The first-order chi connectivity index (χ1) is 11.1. The van der Waals surface area contributed by atoms with Crippen molar-refractivity contribution in [1.82, 2.24) is 0 Å². The number of rotatable bonds is 12. The molecule has 23 heavy (non-hydrogen) atoms. The Kier molecular flexibility index (Phi) is 7.13. The van der Waals surface area contributed by atoms with Gasteiger partial charge in [0, 0.05) is 6.42 Å². The summed E-state index contributed by atoms with van der Waals surface area (Å²) < 4.78 is 4.64. The first-order valence-corrected chi connectivity index (χ1v) is 9.26. The standard InChI is InChI=1S/C19H30O4/c1-2-3-9-14-12-15(14)10-7-5-4-6-8-11-16(20)18-17(21)13-23-19(18)22/h14-15,21H,2-13H2,1H3. The molecule has 1 aliphatic heterocycles. The summed E-state index contributed by atoms with van der Waals surface area (Å²) in [5.74, 6) is 0.851. The quantitative estimate of drug-likeness (QED) is 0.327. The molecule has 1 fully saturated rings. The highest BCUT2D eigenvalue weighted by Crippen LogP contribution is 2.45. The van der Waals surface area contributed by atoms with Crippen molar-refractivity contribution >= 4 is 11.8 Å². The van der Waals surface area contributed by atoms with Crippen LogP contribution in [0.15, 0.2) is 11.3 Å². The van der Waals surface area contributed by atoms with Gasteiger partial charge in [-0.15, -0.1) is 0 Å². The van der Waals surface area contributed by atoms with E-state index in [9.17, 15) is 14.7 Å². The Bertz CT molecular complexity index is 452. The number of hydrogen-bond donors (Lipinski definition) is 1. The lowest BCUT2D eigenvalue weighted by Gasteiger charge is -2.02. The Balaban J connectivity index is 1.45. The van der Waals surface area contributed by atoms with Crippen LogP contribution < -0.4 is 0 Å². The van der Waals surface area contributed by atoms with Crippen LogP contribution in [-0.4, -0.2) is 23.5 Å². The summed E-state index contributed by atoms with van der Waals surface area (Å²) in [6.45, 7) is 2.11. The van der Waals surface area contributed by atoms with E-state index in [1.807, 2.05) is 0 Å². The number of carbonyl (C=O) groups is 2. The summed E-state index contributed by atoms with van der Waals surface area (Å²) >= 11 is 0. The van der Waals surface area contributed by atoms with Gasteiger partial charge in [0.25, 0.3) is 0 Å². The normalized spacial score (nSPS) is 23.3. The number of ketones is 1. The van der Waals surface area contributed by atoms with Crippen molar-refractivity contribution in [2.45, 2.75) is 77.6 Å². The zero-order chi connectivity index (χ0) is 16.7. The lowest BCUT2D eigenvalue weighted by molar-refractivity contribution is -0.137. The first kappa shape index (κ1) is 18.0. The number of unbranched alkanes of at least 4 members (excludes halogenated alkanes) is 5. The van der Waals surface area contributed by atoms with E-state index in [-0.39, 0.29) is 23.7 Å². The zero-order valence-corrected chi connectivity index (χ0v) is 14.3. The minimum atomic E-state index is -0.672. The zero-order valence-electron chi connectivity index (χ0n) is 14.3. The van der Waals surface area contributed by atoms with Crippen LogP contribution in [-0.2, 0) is 14.3 Å². The van der Waals surface area contributed by atoms with Gasteiger partial charge in [0.1, 0.15) is 17.9 Å². The minimum absolute atomic E-state index is 0.128. The molecular formula is C19H30O4. The number of carbonyl (C=O) groups excluding carboxylic acids is 2. The lowest BCUT2D eigenvalue weighted by atomic mass is 10.0. The molecule has 0 radical (unpaired) electrons. The fourth-order valence-corrected chi connectivity index (χ4v) is 3.50. The maximum atomic E-state index is 11.9. The molecule has 2 rings (SSSR count). The van der Waals surface area contributed by atoms with Crippen molar-refractivity contribution in [2.24, 2.45) is 11.8 Å². The Morgan fingerprint density at radius 2 is 1.74 bits per heavy atom. The maximum absolute atomic E-state index is 11.9. The second-order valence-electron chi connectivity index (χ2n) is 7.03. The molecule has 0 saturated heterocycles. The van der Waals surface area contributed by atoms with Crippen molar-refractivity contribution < 1.29 is 19.4 Å². The van der Waals surface area contributed by atoms with Crippen molar-refractivity contribution in [2.75, 3.05) is 6.61 Å². The predicted octanol–water partition coefficient (Wildman–Crippen LogP) is 4.48. The molecule has 4 nitrogen and oxygen atoms in total. The number of cyclic esters (lactones) is 1. The van der Waals surface area contributed by atoms with Crippen molar-refractivity contribution in [1.29, 1.82) is 0 Å². The molecule has 0 amide bonds. The van der Waals surface area contributed by atoms with Gasteiger partial charge in [-0.25, -0.2) is 4.79 Å². The Labute approximate surface area is 139 Å². The molecule has 0 spiro atoms. The molecule has 0 bridgehead atoms.